The highest BCUT2D eigenvalue weighted by Crippen LogP contribution is 2.13. The molecule has 0 spiro atoms. The van der Waals surface area contributed by atoms with Gasteiger partial charge >= 0.3 is 11.8 Å². The van der Waals surface area contributed by atoms with Crippen LogP contribution in [0.5, 0.6) is 0 Å². The van der Waals surface area contributed by atoms with E-state index in [4.69, 9.17) is 0 Å². The zero-order valence-corrected chi connectivity index (χ0v) is 16.2. The molecule has 1 aliphatic rings. The van der Waals surface area contributed by atoms with Crippen molar-refractivity contribution in [1.82, 2.24) is 19.2 Å². The maximum absolute atomic E-state index is 13.0. The summed E-state index contributed by atoms with van der Waals surface area (Å²) in [6.45, 7) is 3.10. The number of nitrogens with one attached hydrogen (secondary N) is 1. The Hall–Kier alpha value is -2.88. The molecule has 0 atom stereocenters. The van der Waals surface area contributed by atoms with E-state index in [1.807, 2.05) is 6.92 Å². The maximum Gasteiger partial charge on any atom is 0.315 e. The Balaban J connectivity index is 1.51. The van der Waals surface area contributed by atoms with Gasteiger partial charge in [0.15, 0.2) is 0 Å². The van der Waals surface area contributed by atoms with Crippen molar-refractivity contribution >= 4 is 34.4 Å². The number of anilines is 1. The predicted molar refractivity (Wildman–Crippen MR) is 101 cm³/mol. The second-order valence-corrected chi connectivity index (χ2v) is 7.06. The number of benzene rings is 1. The lowest BCUT2D eigenvalue weighted by atomic mass is 10.1. The molecule has 0 radical (unpaired) electrons. The Morgan fingerprint density at radius 2 is 1.75 bits per heavy atom. The smallest absolute Gasteiger partial charge is 0.315 e. The van der Waals surface area contributed by atoms with Crippen molar-refractivity contribution in [2.45, 2.75) is 19.8 Å². The van der Waals surface area contributed by atoms with Crippen molar-refractivity contribution < 1.29 is 18.8 Å². The molecule has 3 amide bonds. The molecule has 28 heavy (non-hydrogen) atoms. The van der Waals surface area contributed by atoms with E-state index in [9.17, 15) is 18.8 Å². The van der Waals surface area contributed by atoms with Gasteiger partial charge in [-0.3, -0.25) is 19.7 Å². The fourth-order valence-corrected chi connectivity index (χ4v) is 3.42. The number of amides is 3. The van der Waals surface area contributed by atoms with Gasteiger partial charge in [-0.2, -0.15) is 4.37 Å². The summed E-state index contributed by atoms with van der Waals surface area (Å²) < 4.78 is 17.1. The number of rotatable bonds is 4. The Morgan fingerprint density at radius 1 is 1.11 bits per heavy atom. The van der Waals surface area contributed by atoms with Crippen molar-refractivity contribution in [3.63, 3.8) is 0 Å². The van der Waals surface area contributed by atoms with Gasteiger partial charge in [0.2, 0.25) is 5.13 Å². The third-order valence-electron chi connectivity index (χ3n) is 4.30. The monoisotopic (exact) mass is 405 g/mol. The van der Waals surface area contributed by atoms with E-state index in [0.717, 1.165) is 18.0 Å². The van der Waals surface area contributed by atoms with Crippen LogP contribution in [0.3, 0.4) is 0 Å². The van der Waals surface area contributed by atoms with Crippen molar-refractivity contribution in [3.05, 3.63) is 41.5 Å². The van der Waals surface area contributed by atoms with E-state index in [2.05, 4.69) is 14.7 Å². The predicted octanol–water partition coefficient (Wildman–Crippen LogP) is 1.55. The number of aryl methyl sites for hydroxylation is 1. The standard InChI is InChI=1S/C18H20FN5O3S/c1-2-3-14-20-18(28-22-14)21-15(25)17(27)24-10-8-23(9-11-24)16(26)12-4-6-13(19)7-5-12/h4-7H,2-3,8-11H2,1H3,(H,20,21,22,25). The molecule has 1 aromatic carbocycles. The Labute approximate surface area is 165 Å². The number of hydrogen-bond acceptors (Lipinski definition) is 6. The first-order valence-electron chi connectivity index (χ1n) is 8.95. The molecular formula is C18H20FN5O3S. The normalized spacial score (nSPS) is 14.1. The Kier molecular flexibility index (Phi) is 6.30. The molecule has 0 bridgehead atoms. The highest BCUT2D eigenvalue weighted by Gasteiger charge is 2.28. The minimum absolute atomic E-state index is 0.228. The molecule has 1 fully saturated rings. The SMILES string of the molecule is CCCc1nsc(NC(=O)C(=O)N2CCN(C(=O)c3ccc(F)cc3)CC2)n1. The van der Waals surface area contributed by atoms with Crippen LogP contribution < -0.4 is 5.32 Å². The maximum atomic E-state index is 13.0. The van der Waals surface area contributed by atoms with Crippen LogP contribution in [0.15, 0.2) is 24.3 Å². The second-order valence-electron chi connectivity index (χ2n) is 6.31. The first-order valence-corrected chi connectivity index (χ1v) is 9.73. The lowest BCUT2D eigenvalue weighted by molar-refractivity contribution is -0.144. The number of aromatic nitrogens is 2. The van der Waals surface area contributed by atoms with Gasteiger partial charge < -0.3 is 9.80 Å². The van der Waals surface area contributed by atoms with Gasteiger partial charge in [0.05, 0.1) is 0 Å². The van der Waals surface area contributed by atoms with Crippen molar-refractivity contribution in [2.75, 3.05) is 31.5 Å². The van der Waals surface area contributed by atoms with E-state index in [1.54, 1.807) is 4.90 Å². The average molecular weight is 405 g/mol. The summed E-state index contributed by atoms with van der Waals surface area (Å²) in [6, 6.07) is 5.32. The minimum atomic E-state index is -0.766. The van der Waals surface area contributed by atoms with Crippen LogP contribution in [0.4, 0.5) is 9.52 Å². The van der Waals surface area contributed by atoms with Crippen LogP contribution in [0.2, 0.25) is 0 Å². The van der Waals surface area contributed by atoms with Crippen LogP contribution in [0, 0.1) is 5.82 Å². The molecule has 1 N–H and O–H groups in total. The van der Waals surface area contributed by atoms with Gasteiger partial charge in [-0.1, -0.05) is 6.92 Å². The van der Waals surface area contributed by atoms with Crippen molar-refractivity contribution in [3.8, 4) is 0 Å². The van der Waals surface area contributed by atoms with Gasteiger partial charge in [-0.15, -0.1) is 0 Å². The van der Waals surface area contributed by atoms with Gasteiger partial charge in [0, 0.05) is 49.7 Å². The molecule has 2 aromatic rings. The molecule has 1 saturated heterocycles. The fraction of sp³-hybridized carbons (Fsp3) is 0.389. The number of piperazine rings is 1. The van der Waals surface area contributed by atoms with Crippen LogP contribution >= 0.6 is 11.5 Å². The molecule has 0 aliphatic carbocycles. The number of halogens is 1. The van der Waals surface area contributed by atoms with Gasteiger partial charge in [0.1, 0.15) is 11.6 Å². The van der Waals surface area contributed by atoms with E-state index in [0.29, 0.717) is 36.0 Å². The molecule has 1 aromatic heterocycles. The third kappa shape index (κ3) is 4.69. The summed E-state index contributed by atoms with van der Waals surface area (Å²) in [6.07, 6.45) is 1.61. The lowest BCUT2D eigenvalue weighted by Gasteiger charge is -2.34. The van der Waals surface area contributed by atoms with Crippen molar-refractivity contribution in [1.29, 1.82) is 0 Å². The second kappa shape index (κ2) is 8.87. The summed E-state index contributed by atoms with van der Waals surface area (Å²) in [5.41, 5.74) is 0.387. The molecule has 10 heteroatoms. The molecule has 3 rings (SSSR count). The summed E-state index contributed by atoms with van der Waals surface area (Å²) in [4.78, 5) is 44.1. The molecular weight excluding hydrogens is 385 g/mol. The highest BCUT2D eigenvalue weighted by molar-refractivity contribution is 7.10. The zero-order valence-electron chi connectivity index (χ0n) is 15.4. The quantitative estimate of drug-likeness (QED) is 0.779. The largest absolute Gasteiger partial charge is 0.335 e. The van der Waals surface area contributed by atoms with E-state index < -0.39 is 17.6 Å². The molecule has 0 unspecified atom stereocenters. The number of carbonyl (C=O) groups is 3. The Morgan fingerprint density at radius 3 is 2.39 bits per heavy atom. The summed E-state index contributed by atoms with van der Waals surface area (Å²) in [7, 11) is 0. The molecule has 2 heterocycles. The van der Waals surface area contributed by atoms with Crippen LogP contribution in [-0.4, -0.2) is 63.1 Å². The van der Waals surface area contributed by atoms with Gasteiger partial charge in [-0.05, 0) is 30.7 Å². The fourth-order valence-electron chi connectivity index (χ4n) is 2.81. The third-order valence-corrected chi connectivity index (χ3v) is 4.97. The highest BCUT2D eigenvalue weighted by atomic mass is 32.1. The molecule has 148 valence electrons. The van der Waals surface area contributed by atoms with Crippen molar-refractivity contribution in [2.24, 2.45) is 0 Å². The van der Waals surface area contributed by atoms with E-state index in [1.165, 1.54) is 29.2 Å². The number of nitrogens with zero attached hydrogens (tertiary/aromatic N) is 4. The zero-order chi connectivity index (χ0) is 20.1. The Bertz CT molecular complexity index is 862. The van der Waals surface area contributed by atoms with Gasteiger partial charge in [-0.25, -0.2) is 9.37 Å². The summed E-state index contributed by atoms with van der Waals surface area (Å²) in [5, 5.41) is 2.78. The van der Waals surface area contributed by atoms with E-state index in [-0.39, 0.29) is 19.0 Å². The number of hydrogen-bond donors (Lipinski definition) is 1. The molecule has 1 aliphatic heterocycles. The first-order chi connectivity index (χ1) is 13.5. The summed E-state index contributed by atoms with van der Waals surface area (Å²) in [5.74, 6) is -1.43. The number of carbonyl (C=O) groups excluding carboxylic acids is 3. The van der Waals surface area contributed by atoms with E-state index >= 15 is 0 Å². The minimum Gasteiger partial charge on any atom is -0.335 e. The molecule has 8 nitrogen and oxygen atoms in total. The lowest BCUT2D eigenvalue weighted by Crippen LogP contribution is -2.53. The molecule has 0 saturated carbocycles. The first kappa shape index (κ1) is 19.9. The topological polar surface area (TPSA) is 95.5 Å². The summed E-state index contributed by atoms with van der Waals surface area (Å²) >= 11 is 1.04. The van der Waals surface area contributed by atoms with Crippen LogP contribution in [-0.2, 0) is 16.0 Å². The van der Waals surface area contributed by atoms with Gasteiger partial charge in [0.25, 0.3) is 5.91 Å². The van der Waals surface area contributed by atoms with Crippen LogP contribution in [0.25, 0.3) is 0 Å². The average Bonchev–Trinajstić information content (AvgIpc) is 3.14. The van der Waals surface area contributed by atoms with Crippen LogP contribution in [0.1, 0.15) is 29.5 Å².